The molecule has 1 rings (SSSR count). The van der Waals surface area contributed by atoms with Gasteiger partial charge < -0.3 is 19.9 Å². The maximum atomic E-state index is 12.4. The molecule has 1 heterocycles. The average molecular weight is 367 g/mol. The first-order valence-electron chi connectivity index (χ1n) is 9.02. The molecular weight excluding hydrogens is 334 g/mol. The summed E-state index contributed by atoms with van der Waals surface area (Å²) in [6, 6.07) is 0. The van der Waals surface area contributed by atoms with Gasteiger partial charge in [0.05, 0.1) is 0 Å². The molecule has 0 saturated carbocycles. The molecule has 1 aliphatic heterocycles. The topological polar surface area (TPSA) is 79.0 Å². The zero-order valence-corrected chi connectivity index (χ0v) is 17.1. The highest BCUT2D eigenvalue weighted by Crippen LogP contribution is 2.24. The monoisotopic (exact) mass is 367 g/mol. The van der Waals surface area contributed by atoms with Crippen LogP contribution in [0.3, 0.4) is 0 Å². The van der Waals surface area contributed by atoms with Crippen molar-refractivity contribution in [3.8, 4) is 0 Å². The molecule has 0 aromatic rings. The van der Waals surface area contributed by atoms with E-state index in [0.29, 0.717) is 26.2 Å². The molecule has 1 fully saturated rings. The second-order valence-electron chi connectivity index (χ2n) is 8.64. The molecule has 0 radical (unpaired) electrons. The van der Waals surface area contributed by atoms with Crippen molar-refractivity contribution in [1.29, 1.82) is 0 Å². The lowest BCUT2D eigenvalue weighted by molar-refractivity contribution is -0.136. The fourth-order valence-electron chi connectivity index (χ4n) is 2.24. The van der Waals surface area contributed by atoms with E-state index in [1.807, 2.05) is 6.92 Å². The fourth-order valence-corrected chi connectivity index (χ4v) is 2.24. The highest BCUT2D eigenvalue weighted by molar-refractivity contribution is 5.89. The Labute approximate surface area is 156 Å². The van der Waals surface area contributed by atoms with Crippen molar-refractivity contribution in [3.05, 3.63) is 11.6 Å². The Morgan fingerprint density at radius 1 is 0.962 bits per heavy atom. The Hall–Kier alpha value is -2.05. The summed E-state index contributed by atoms with van der Waals surface area (Å²) < 4.78 is 5.11. The van der Waals surface area contributed by atoms with Crippen molar-refractivity contribution < 1.29 is 19.1 Å². The van der Waals surface area contributed by atoms with Crippen LogP contribution in [0.2, 0.25) is 0 Å². The minimum Gasteiger partial charge on any atom is -0.444 e. The number of hydrogen-bond acceptors (Lipinski definition) is 4. The number of nitrogens with zero attached hydrogens (tertiary/aromatic N) is 2. The van der Waals surface area contributed by atoms with Gasteiger partial charge in [-0.3, -0.25) is 9.59 Å². The van der Waals surface area contributed by atoms with Gasteiger partial charge in [-0.1, -0.05) is 26.3 Å². The second kappa shape index (κ2) is 8.56. The third-order valence-corrected chi connectivity index (χ3v) is 4.25. The number of ether oxygens (including phenoxy) is 1. The van der Waals surface area contributed by atoms with Crippen molar-refractivity contribution in [3.63, 3.8) is 0 Å². The van der Waals surface area contributed by atoms with Gasteiger partial charge in [-0.2, -0.15) is 0 Å². The van der Waals surface area contributed by atoms with Crippen molar-refractivity contribution in [2.75, 3.05) is 32.7 Å². The predicted molar refractivity (Wildman–Crippen MR) is 101 cm³/mol. The number of carbonyl (C=O) groups is 3. The summed E-state index contributed by atoms with van der Waals surface area (Å²) in [7, 11) is 0. The Balaban J connectivity index is 2.45. The number of amides is 3. The SMILES string of the molecule is C/C(=C\C(=O)N1CCN(C(=O)CNC(=O)OC(C)(C)C)CC1)C(C)(C)C. The number of carbonyl (C=O) groups excluding carboxylic acids is 3. The molecule has 7 nitrogen and oxygen atoms in total. The fraction of sp³-hybridized carbons (Fsp3) is 0.737. The number of nitrogens with one attached hydrogen (secondary N) is 1. The van der Waals surface area contributed by atoms with Gasteiger partial charge in [0.1, 0.15) is 12.1 Å². The first-order valence-corrected chi connectivity index (χ1v) is 9.02. The van der Waals surface area contributed by atoms with Gasteiger partial charge in [-0.25, -0.2) is 4.79 Å². The molecular formula is C19H33N3O4. The van der Waals surface area contributed by atoms with E-state index in [2.05, 4.69) is 26.1 Å². The molecule has 0 aromatic heterocycles. The standard InChI is InChI=1S/C19H33N3O4/c1-14(18(2,3)4)12-15(23)21-8-10-22(11-9-21)16(24)13-20-17(25)26-19(5,6)7/h12H,8-11,13H2,1-7H3,(H,20,25)/b14-12+. The number of rotatable bonds is 3. The summed E-state index contributed by atoms with van der Waals surface area (Å²) in [5.41, 5.74) is 0.390. The lowest BCUT2D eigenvalue weighted by Crippen LogP contribution is -2.52. The molecule has 0 atom stereocenters. The number of hydrogen-bond donors (Lipinski definition) is 1. The summed E-state index contributed by atoms with van der Waals surface area (Å²) in [6.07, 6.45) is 1.07. The first kappa shape index (κ1) is 22.0. The van der Waals surface area contributed by atoms with E-state index >= 15 is 0 Å². The number of allylic oxidation sites excluding steroid dienone is 1. The van der Waals surface area contributed by atoms with Crippen LogP contribution in [0, 0.1) is 5.41 Å². The van der Waals surface area contributed by atoms with Crippen molar-refractivity contribution in [2.45, 2.75) is 54.1 Å². The summed E-state index contributed by atoms with van der Waals surface area (Å²) in [4.78, 5) is 39.6. The molecule has 1 saturated heterocycles. The molecule has 3 amide bonds. The summed E-state index contributed by atoms with van der Waals surface area (Å²) in [5, 5.41) is 2.47. The van der Waals surface area contributed by atoms with E-state index in [1.165, 1.54) is 0 Å². The van der Waals surface area contributed by atoms with Crippen LogP contribution in [-0.4, -0.2) is 66.0 Å². The molecule has 148 valence electrons. The minimum atomic E-state index is -0.609. The zero-order valence-electron chi connectivity index (χ0n) is 17.1. The molecule has 7 heteroatoms. The van der Waals surface area contributed by atoms with Crippen molar-refractivity contribution in [1.82, 2.24) is 15.1 Å². The van der Waals surface area contributed by atoms with Gasteiger partial charge in [0.15, 0.2) is 0 Å². The van der Waals surface area contributed by atoms with Crippen LogP contribution in [0.15, 0.2) is 11.6 Å². The van der Waals surface area contributed by atoms with Crippen LogP contribution in [0.1, 0.15) is 48.5 Å². The van der Waals surface area contributed by atoms with Crippen LogP contribution in [0.4, 0.5) is 4.79 Å². The number of piperazine rings is 1. The zero-order chi connectivity index (χ0) is 20.1. The maximum Gasteiger partial charge on any atom is 0.408 e. The van der Waals surface area contributed by atoms with E-state index in [-0.39, 0.29) is 23.8 Å². The average Bonchev–Trinajstić information content (AvgIpc) is 2.50. The van der Waals surface area contributed by atoms with Crippen LogP contribution in [-0.2, 0) is 14.3 Å². The summed E-state index contributed by atoms with van der Waals surface area (Å²) in [5.74, 6) is -0.194. The summed E-state index contributed by atoms with van der Waals surface area (Å²) in [6.45, 7) is 15.3. The second-order valence-corrected chi connectivity index (χ2v) is 8.64. The molecule has 0 aromatic carbocycles. The maximum absolute atomic E-state index is 12.4. The van der Waals surface area contributed by atoms with Crippen LogP contribution >= 0.6 is 0 Å². The van der Waals surface area contributed by atoms with Crippen molar-refractivity contribution >= 4 is 17.9 Å². The molecule has 1 aliphatic rings. The Kier molecular flexibility index (Phi) is 7.24. The molecule has 0 aliphatic carbocycles. The molecule has 26 heavy (non-hydrogen) atoms. The van der Waals surface area contributed by atoms with Gasteiger partial charge in [0.2, 0.25) is 11.8 Å². The lowest BCUT2D eigenvalue weighted by Gasteiger charge is -2.34. The largest absolute Gasteiger partial charge is 0.444 e. The van der Waals surface area contributed by atoms with Gasteiger partial charge in [-0.15, -0.1) is 0 Å². The van der Waals surface area contributed by atoms with Gasteiger partial charge in [-0.05, 0) is 33.1 Å². The van der Waals surface area contributed by atoms with Gasteiger partial charge in [0, 0.05) is 32.3 Å². The van der Waals surface area contributed by atoms with E-state index in [1.54, 1.807) is 36.6 Å². The highest BCUT2D eigenvalue weighted by Gasteiger charge is 2.25. The highest BCUT2D eigenvalue weighted by atomic mass is 16.6. The Morgan fingerprint density at radius 2 is 1.46 bits per heavy atom. The quantitative estimate of drug-likeness (QED) is 0.776. The lowest BCUT2D eigenvalue weighted by atomic mass is 9.87. The van der Waals surface area contributed by atoms with Crippen LogP contribution in [0.5, 0.6) is 0 Å². The first-order chi connectivity index (χ1) is 11.8. The molecule has 0 unspecified atom stereocenters. The third kappa shape index (κ3) is 7.45. The van der Waals surface area contributed by atoms with Gasteiger partial charge >= 0.3 is 6.09 Å². The minimum absolute atomic E-state index is 0.0172. The normalized spacial score (nSPS) is 16.3. The van der Waals surface area contributed by atoms with E-state index in [4.69, 9.17) is 4.74 Å². The predicted octanol–water partition coefficient (Wildman–Crippen LogP) is 2.17. The molecule has 0 bridgehead atoms. The Bertz CT molecular complexity index is 562. The van der Waals surface area contributed by atoms with Crippen molar-refractivity contribution in [2.24, 2.45) is 5.41 Å². The smallest absolute Gasteiger partial charge is 0.408 e. The molecule has 1 N–H and O–H groups in total. The van der Waals surface area contributed by atoms with Crippen LogP contribution in [0.25, 0.3) is 0 Å². The van der Waals surface area contributed by atoms with Gasteiger partial charge in [0.25, 0.3) is 0 Å². The Morgan fingerprint density at radius 3 is 1.92 bits per heavy atom. The summed E-state index contributed by atoms with van der Waals surface area (Å²) >= 11 is 0. The van der Waals surface area contributed by atoms with E-state index in [0.717, 1.165) is 5.57 Å². The van der Waals surface area contributed by atoms with Crippen LogP contribution < -0.4 is 5.32 Å². The van der Waals surface area contributed by atoms with E-state index in [9.17, 15) is 14.4 Å². The number of alkyl carbamates (subject to hydrolysis) is 1. The van der Waals surface area contributed by atoms with E-state index < -0.39 is 11.7 Å². The molecule has 0 spiro atoms. The third-order valence-electron chi connectivity index (χ3n) is 4.25.